The summed E-state index contributed by atoms with van der Waals surface area (Å²) in [4.78, 5) is 15.9. The van der Waals surface area contributed by atoms with Gasteiger partial charge in [0.15, 0.2) is 17.3 Å². The number of carbonyl (C=O) groups is 1. The molecule has 0 aliphatic heterocycles. The second-order valence-corrected chi connectivity index (χ2v) is 6.77. The van der Waals surface area contributed by atoms with Crippen LogP contribution < -0.4 is 4.74 Å². The Morgan fingerprint density at radius 2 is 2.00 bits per heavy atom. The highest BCUT2D eigenvalue weighted by molar-refractivity contribution is 8.04. The van der Waals surface area contributed by atoms with E-state index in [0.29, 0.717) is 16.4 Å². The number of halogens is 1. The van der Waals surface area contributed by atoms with Crippen LogP contribution in [0.25, 0.3) is 17.5 Å². The van der Waals surface area contributed by atoms with Crippen molar-refractivity contribution in [1.82, 2.24) is 15.2 Å². The van der Waals surface area contributed by atoms with E-state index < -0.39 is 5.97 Å². The van der Waals surface area contributed by atoms with Crippen molar-refractivity contribution in [2.75, 3.05) is 7.11 Å². The number of methoxy groups -OCH3 is 1. The molecule has 1 aromatic heterocycles. The van der Waals surface area contributed by atoms with Crippen molar-refractivity contribution in [2.45, 2.75) is 5.16 Å². The minimum absolute atomic E-state index is 0.0180. The summed E-state index contributed by atoms with van der Waals surface area (Å²) in [6.07, 6.45) is 1.45. The fraction of sp³-hybridized carbons (Fsp3) is 0.0556. The number of aromatic amines is 1. The lowest BCUT2D eigenvalue weighted by atomic mass is 10.2. The summed E-state index contributed by atoms with van der Waals surface area (Å²) in [5, 5.41) is 26.8. The monoisotopic (exact) mass is 403 g/mol. The van der Waals surface area contributed by atoms with Crippen LogP contribution in [0.4, 0.5) is 0 Å². The van der Waals surface area contributed by atoms with Crippen molar-refractivity contribution >= 4 is 35.4 Å². The van der Waals surface area contributed by atoms with Gasteiger partial charge in [0.1, 0.15) is 4.91 Å². The molecule has 3 rings (SSSR count). The van der Waals surface area contributed by atoms with E-state index >= 15 is 0 Å². The molecule has 0 unspecified atom stereocenters. The van der Waals surface area contributed by atoms with E-state index in [2.05, 4.69) is 15.2 Å². The number of nitrogens with one attached hydrogen (secondary N) is 1. The number of hydrogen-bond acceptors (Lipinski definition) is 6. The van der Waals surface area contributed by atoms with Gasteiger partial charge in [0.25, 0.3) is 0 Å². The van der Waals surface area contributed by atoms with E-state index in [1.807, 2.05) is 0 Å². The Morgan fingerprint density at radius 3 is 2.67 bits per heavy atom. The first-order chi connectivity index (χ1) is 13.0. The number of benzene rings is 2. The average Bonchev–Trinajstić information content (AvgIpc) is 3.11. The fourth-order valence-corrected chi connectivity index (χ4v) is 3.03. The highest BCUT2D eigenvalue weighted by Crippen LogP contribution is 2.31. The maximum absolute atomic E-state index is 11.6. The first-order valence-electron chi connectivity index (χ1n) is 7.64. The quantitative estimate of drug-likeness (QED) is 0.420. The van der Waals surface area contributed by atoms with Crippen molar-refractivity contribution in [1.29, 1.82) is 0 Å². The van der Waals surface area contributed by atoms with E-state index in [1.54, 1.807) is 30.3 Å². The maximum atomic E-state index is 11.6. The molecule has 0 saturated carbocycles. The Bertz CT molecular complexity index is 1000. The molecule has 2 aromatic carbocycles. The van der Waals surface area contributed by atoms with Crippen molar-refractivity contribution in [3.8, 4) is 22.9 Å². The Labute approximate surface area is 163 Å². The molecular weight excluding hydrogens is 390 g/mol. The number of thioether (sulfide) groups is 1. The molecule has 0 fully saturated rings. The number of phenols is 1. The lowest BCUT2D eigenvalue weighted by Gasteiger charge is -2.05. The number of nitrogens with zero attached hydrogens (tertiary/aromatic N) is 2. The Kier molecular flexibility index (Phi) is 5.68. The lowest BCUT2D eigenvalue weighted by Crippen LogP contribution is -1.97. The smallest absolute Gasteiger partial charge is 0.342 e. The van der Waals surface area contributed by atoms with Gasteiger partial charge in [0.2, 0.25) is 5.16 Å². The molecule has 9 heteroatoms. The van der Waals surface area contributed by atoms with Gasteiger partial charge in [-0.15, -0.1) is 5.10 Å². The van der Waals surface area contributed by atoms with Gasteiger partial charge in [-0.2, -0.15) is 0 Å². The number of carboxylic acid groups (broad SMARTS) is 1. The van der Waals surface area contributed by atoms with E-state index in [4.69, 9.17) is 16.3 Å². The number of aliphatic carboxylic acids is 1. The third-order valence-corrected chi connectivity index (χ3v) is 4.63. The van der Waals surface area contributed by atoms with Crippen LogP contribution in [0.1, 0.15) is 5.56 Å². The second kappa shape index (κ2) is 8.15. The molecule has 3 N–H and O–H groups in total. The lowest BCUT2D eigenvalue weighted by molar-refractivity contribution is -0.131. The van der Waals surface area contributed by atoms with Crippen LogP contribution in [0.3, 0.4) is 0 Å². The summed E-state index contributed by atoms with van der Waals surface area (Å²) < 4.78 is 5.03. The van der Waals surface area contributed by atoms with Gasteiger partial charge < -0.3 is 14.9 Å². The van der Waals surface area contributed by atoms with Crippen LogP contribution in [-0.2, 0) is 4.79 Å². The molecule has 0 aliphatic carbocycles. The van der Waals surface area contributed by atoms with Crippen LogP contribution >= 0.6 is 23.4 Å². The van der Waals surface area contributed by atoms with E-state index in [9.17, 15) is 15.0 Å². The minimum atomic E-state index is -1.12. The van der Waals surface area contributed by atoms with Gasteiger partial charge in [-0.05, 0) is 59.8 Å². The maximum Gasteiger partial charge on any atom is 0.342 e. The predicted molar refractivity (Wildman–Crippen MR) is 103 cm³/mol. The number of aromatic nitrogens is 3. The van der Waals surface area contributed by atoms with Crippen molar-refractivity contribution in [2.24, 2.45) is 0 Å². The normalized spacial score (nSPS) is 11.4. The predicted octanol–water partition coefficient (Wildman–Crippen LogP) is 4.06. The molecule has 0 aliphatic rings. The van der Waals surface area contributed by atoms with Gasteiger partial charge in [-0.1, -0.05) is 17.7 Å². The molecule has 0 amide bonds. The SMILES string of the molecule is COc1cc(/C=C(\Sc2n[nH]c(-c3ccc(Cl)cc3)n2)C(=O)O)ccc1O. The first kappa shape index (κ1) is 18.8. The molecule has 7 nitrogen and oxygen atoms in total. The van der Waals surface area contributed by atoms with Crippen LogP contribution in [0, 0.1) is 0 Å². The zero-order valence-corrected chi connectivity index (χ0v) is 15.6. The highest BCUT2D eigenvalue weighted by Gasteiger charge is 2.15. The summed E-state index contributed by atoms with van der Waals surface area (Å²) >= 11 is 6.78. The number of carboxylic acids is 1. The summed E-state index contributed by atoms with van der Waals surface area (Å²) in [5.41, 5.74) is 1.34. The second-order valence-electron chi connectivity index (χ2n) is 5.32. The van der Waals surface area contributed by atoms with Crippen molar-refractivity contribution < 1.29 is 19.7 Å². The number of ether oxygens (including phenoxy) is 1. The summed E-state index contributed by atoms with van der Waals surface area (Å²) in [7, 11) is 1.42. The molecule has 0 saturated heterocycles. The Hall–Kier alpha value is -2.97. The number of phenolic OH excluding ortho intramolecular Hbond substituents is 1. The third-order valence-electron chi connectivity index (χ3n) is 3.50. The number of rotatable bonds is 6. The fourth-order valence-electron chi connectivity index (χ4n) is 2.20. The largest absolute Gasteiger partial charge is 0.504 e. The van der Waals surface area contributed by atoms with E-state index in [0.717, 1.165) is 17.3 Å². The summed E-state index contributed by atoms with van der Waals surface area (Å²) in [6.45, 7) is 0. The zero-order chi connectivity index (χ0) is 19.4. The average molecular weight is 404 g/mol. The number of aromatic hydroxyl groups is 1. The molecule has 3 aromatic rings. The van der Waals surface area contributed by atoms with Gasteiger partial charge in [0.05, 0.1) is 7.11 Å². The highest BCUT2D eigenvalue weighted by atomic mass is 35.5. The molecule has 138 valence electrons. The zero-order valence-electron chi connectivity index (χ0n) is 14.0. The molecule has 27 heavy (non-hydrogen) atoms. The molecular formula is C18H14ClN3O4S. The number of H-pyrrole nitrogens is 1. The summed E-state index contributed by atoms with van der Waals surface area (Å²) in [6, 6.07) is 11.6. The van der Waals surface area contributed by atoms with Crippen molar-refractivity contribution in [3.63, 3.8) is 0 Å². The topological polar surface area (TPSA) is 108 Å². The van der Waals surface area contributed by atoms with Crippen molar-refractivity contribution in [3.05, 3.63) is 58.0 Å². The molecule has 1 heterocycles. The molecule has 0 atom stereocenters. The van der Waals surface area contributed by atoms with E-state index in [1.165, 1.54) is 25.3 Å². The van der Waals surface area contributed by atoms with Gasteiger partial charge >= 0.3 is 5.97 Å². The Balaban J connectivity index is 1.85. The van der Waals surface area contributed by atoms with Crippen LogP contribution in [-0.4, -0.2) is 38.5 Å². The Morgan fingerprint density at radius 1 is 1.26 bits per heavy atom. The standard InChI is InChI=1S/C18H14ClN3O4S/c1-26-14-8-10(2-7-13(14)23)9-15(17(24)25)27-18-20-16(21-22-18)11-3-5-12(19)6-4-11/h2-9,23H,1H3,(H,24,25)(H,20,21,22)/b15-9-. The van der Waals surface area contributed by atoms with Crippen LogP contribution in [0.2, 0.25) is 5.02 Å². The molecule has 0 bridgehead atoms. The van der Waals surface area contributed by atoms with Gasteiger partial charge in [0, 0.05) is 10.6 Å². The third kappa shape index (κ3) is 4.60. The molecule has 0 radical (unpaired) electrons. The summed E-state index contributed by atoms with van der Waals surface area (Å²) in [5.74, 6) is -0.391. The van der Waals surface area contributed by atoms with Crippen LogP contribution in [0.5, 0.6) is 11.5 Å². The van der Waals surface area contributed by atoms with Crippen LogP contribution in [0.15, 0.2) is 52.5 Å². The minimum Gasteiger partial charge on any atom is -0.504 e. The van der Waals surface area contributed by atoms with E-state index in [-0.39, 0.29) is 21.6 Å². The first-order valence-corrected chi connectivity index (χ1v) is 8.84. The number of hydrogen-bond donors (Lipinski definition) is 3. The molecule has 0 spiro atoms. The van der Waals surface area contributed by atoms with Gasteiger partial charge in [-0.25, -0.2) is 9.78 Å². The van der Waals surface area contributed by atoms with Gasteiger partial charge in [-0.3, -0.25) is 5.10 Å².